The third-order valence-electron chi connectivity index (χ3n) is 3.32. The quantitative estimate of drug-likeness (QED) is 0.796. The van der Waals surface area contributed by atoms with E-state index in [0.717, 1.165) is 18.7 Å². The Morgan fingerprint density at radius 3 is 2.29 bits per heavy atom. The lowest BCUT2D eigenvalue weighted by atomic mass is 9.98. The van der Waals surface area contributed by atoms with Crippen molar-refractivity contribution in [1.29, 1.82) is 5.26 Å². The number of nitriles is 1. The van der Waals surface area contributed by atoms with Gasteiger partial charge in [0.05, 0.1) is 12.0 Å². The van der Waals surface area contributed by atoms with E-state index in [0.29, 0.717) is 5.92 Å². The first kappa shape index (κ1) is 13.6. The van der Waals surface area contributed by atoms with Crippen LogP contribution in [0.2, 0.25) is 0 Å². The van der Waals surface area contributed by atoms with Crippen LogP contribution in [0.25, 0.3) is 0 Å². The number of nitrogens with one attached hydrogen (secondary N) is 1. The molecule has 0 aliphatic heterocycles. The van der Waals surface area contributed by atoms with E-state index in [1.807, 2.05) is 6.92 Å². The maximum atomic E-state index is 8.86. The van der Waals surface area contributed by atoms with E-state index in [-0.39, 0.29) is 5.92 Å². The van der Waals surface area contributed by atoms with Gasteiger partial charge in [-0.2, -0.15) is 5.26 Å². The van der Waals surface area contributed by atoms with Gasteiger partial charge in [0.15, 0.2) is 0 Å². The average molecular weight is 230 g/mol. The van der Waals surface area contributed by atoms with Crippen LogP contribution in [0.5, 0.6) is 0 Å². The minimum absolute atomic E-state index is 0.101. The maximum Gasteiger partial charge on any atom is 0.0674 e. The molecule has 0 aliphatic carbocycles. The summed E-state index contributed by atoms with van der Waals surface area (Å²) in [5.74, 6) is 0.718. The van der Waals surface area contributed by atoms with Gasteiger partial charge in [0.2, 0.25) is 0 Å². The summed E-state index contributed by atoms with van der Waals surface area (Å²) in [4.78, 5) is 0. The molecule has 2 unspecified atom stereocenters. The minimum atomic E-state index is 0.101. The van der Waals surface area contributed by atoms with Gasteiger partial charge >= 0.3 is 0 Å². The van der Waals surface area contributed by atoms with Crippen LogP contribution >= 0.6 is 0 Å². The Labute approximate surface area is 105 Å². The van der Waals surface area contributed by atoms with Crippen molar-refractivity contribution in [2.45, 2.75) is 39.5 Å². The van der Waals surface area contributed by atoms with Crippen LogP contribution in [0, 0.1) is 17.2 Å². The molecular formula is C15H22N2. The molecule has 2 heteroatoms. The molecular weight excluding hydrogens is 208 g/mol. The van der Waals surface area contributed by atoms with Crippen LogP contribution in [0.15, 0.2) is 24.3 Å². The van der Waals surface area contributed by atoms with E-state index in [1.165, 1.54) is 12.0 Å². The second-order valence-electron chi connectivity index (χ2n) is 4.55. The number of hydrogen-bond acceptors (Lipinski definition) is 2. The van der Waals surface area contributed by atoms with Gasteiger partial charge in [0.25, 0.3) is 0 Å². The molecule has 2 nitrogen and oxygen atoms in total. The van der Waals surface area contributed by atoms with Crippen molar-refractivity contribution in [2.24, 2.45) is 5.92 Å². The highest BCUT2D eigenvalue weighted by Crippen LogP contribution is 2.20. The molecule has 0 amide bonds. The van der Waals surface area contributed by atoms with Gasteiger partial charge < -0.3 is 5.32 Å². The first-order valence-corrected chi connectivity index (χ1v) is 6.44. The Morgan fingerprint density at radius 1 is 1.18 bits per heavy atom. The molecule has 17 heavy (non-hydrogen) atoms. The molecule has 92 valence electrons. The molecule has 1 N–H and O–H groups in total. The van der Waals surface area contributed by atoms with E-state index >= 15 is 0 Å². The molecule has 0 heterocycles. The predicted molar refractivity (Wildman–Crippen MR) is 73.0 cm³/mol. The highest BCUT2D eigenvalue weighted by molar-refractivity contribution is 5.45. The summed E-state index contributed by atoms with van der Waals surface area (Å²) in [5.41, 5.74) is 2.48. The molecule has 0 aliphatic rings. The summed E-state index contributed by atoms with van der Waals surface area (Å²) in [6.45, 7) is 7.22. The van der Waals surface area contributed by atoms with Gasteiger partial charge in [-0.3, -0.25) is 0 Å². The lowest BCUT2D eigenvalue weighted by molar-refractivity contribution is 0.674. The van der Waals surface area contributed by atoms with Crippen LogP contribution in [-0.4, -0.2) is 6.54 Å². The van der Waals surface area contributed by atoms with Gasteiger partial charge in [0.1, 0.15) is 0 Å². The van der Waals surface area contributed by atoms with E-state index in [1.54, 1.807) is 0 Å². The SMILES string of the molecule is CCC(C#N)CNc1ccc(C(C)CC)cc1. The number of nitrogens with zero attached hydrogens (tertiary/aromatic N) is 1. The Morgan fingerprint density at radius 2 is 1.82 bits per heavy atom. The molecule has 2 atom stereocenters. The maximum absolute atomic E-state index is 8.86. The Kier molecular flexibility index (Phi) is 5.56. The van der Waals surface area contributed by atoms with Gasteiger partial charge in [-0.05, 0) is 36.5 Å². The smallest absolute Gasteiger partial charge is 0.0674 e. The predicted octanol–water partition coefficient (Wildman–Crippen LogP) is 4.16. The van der Waals surface area contributed by atoms with Crippen LogP contribution in [0.1, 0.15) is 45.1 Å². The van der Waals surface area contributed by atoms with Gasteiger partial charge in [-0.1, -0.05) is 32.9 Å². The second-order valence-corrected chi connectivity index (χ2v) is 4.55. The topological polar surface area (TPSA) is 35.8 Å². The molecule has 0 fully saturated rings. The second kappa shape index (κ2) is 6.96. The Bertz CT molecular complexity index is 362. The van der Waals surface area contributed by atoms with E-state index in [4.69, 9.17) is 5.26 Å². The standard InChI is InChI=1S/C15H22N2/c1-4-12(3)14-6-8-15(9-7-14)17-11-13(5-2)10-16/h6-9,12-13,17H,4-5,11H2,1-3H3. The van der Waals surface area contributed by atoms with Crippen molar-refractivity contribution < 1.29 is 0 Å². The molecule has 1 aromatic carbocycles. The van der Waals surface area contributed by atoms with Gasteiger partial charge in [-0.15, -0.1) is 0 Å². The largest absolute Gasteiger partial charge is 0.384 e. The summed E-state index contributed by atoms with van der Waals surface area (Å²) in [6.07, 6.45) is 2.06. The first-order chi connectivity index (χ1) is 8.21. The molecule has 0 saturated carbocycles. The van der Waals surface area contributed by atoms with Crippen molar-refractivity contribution in [2.75, 3.05) is 11.9 Å². The van der Waals surface area contributed by atoms with Crippen molar-refractivity contribution >= 4 is 5.69 Å². The fourth-order valence-corrected chi connectivity index (χ4v) is 1.69. The number of benzene rings is 1. The van der Waals surface area contributed by atoms with Crippen molar-refractivity contribution in [3.63, 3.8) is 0 Å². The zero-order valence-corrected chi connectivity index (χ0v) is 11.0. The summed E-state index contributed by atoms with van der Waals surface area (Å²) in [5, 5.41) is 12.2. The Hall–Kier alpha value is -1.49. The normalized spacial score (nSPS) is 13.8. The highest BCUT2D eigenvalue weighted by Gasteiger charge is 2.05. The summed E-state index contributed by atoms with van der Waals surface area (Å²) in [6, 6.07) is 10.8. The monoisotopic (exact) mass is 230 g/mol. The fourth-order valence-electron chi connectivity index (χ4n) is 1.69. The number of hydrogen-bond donors (Lipinski definition) is 1. The zero-order chi connectivity index (χ0) is 12.7. The average Bonchev–Trinajstić information content (AvgIpc) is 2.39. The molecule has 1 aromatic rings. The molecule has 0 aromatic heterocycles. The van der Waals surface area contributed by atoms with Crippen molar-refractivity contribution in [3.8, 4) is 6.07 Å². The molecule has 1 rings (SSSR count). The molecule has 0 bridgehead atoms. The zero-order valence-electron chi connectivity index (χ0n) is 11.0. The number of anilines is 1. The lowest BCUT2D eigenvalue weighted by Gasteiger charge is -2.12. The summed E-state index contributed by atoms with van der Waals surface area (Å²) in [7, 11) is 0. The van der Waals surface area contributed by atoms with Crippen molar-refractivity contribution in [3.05, 3.63) is 29.8 Å². The fraction of sp³-hybridized carbons (Fsp3) is 0.533. The van der Waals surface area contributed by atoms with E-state index < -0.39 is 0 Å². The third-order valence-corrected chi connectivity index (χ3v) is 3.32. The van der Waals surface area contributed by atoms with Gasteiger partial charge in [-0.25, -0.2) is 0 Å². The number of rotatable bonds is 6. The molecule has 0 radical (unpaired) electrons. The first-order valence-electron chi connectivity index (χ1n) is 6.44. The van der Waals surface area contributed by atoms with Crippen LogP contribution in [0.3, 0.4) is 0 Å². The molecule has 0 spiro atoms. The van der Waals surface area contributed by atoms with Gasteiger partial charge in [0, 0.05) is 12.2 Å². The van der Waals surface area contributed by atoms with E-state index in [9.17, 15) is 0 Å². The lowest BCUT2D eigenvalue weighted by Crippen LogP contribution is -2.11. The minimum Gasteiger partial charge on any atom is -0.384 e. The highest BCUT2D eigenvalue weighted by atomic mass is 14.9. The van der Waals surface area contributed by atoms with Crippen molar-refractivity contribution in [1.82, 2.24) is 0 Å². The summed E-state index contributed by atoms with van der Waals surface area (Å²) >= 11 is 0. The van der Waals surface area contributed by atoms with Crippen LogP contribution in [0.4, 0.5) is 5.69 Å². The van der Waals surface area contributed by atoms with E-state index in [2.05, 4.69) is 49.5 Å². The third kappa shape index (κ3) is 4.11. The van der Waals surface area contributed by atoms with Crippen LogP contribution < -0.4 is 5.32 Å². The Balaban J connectivity index is 2.54. The molecule has 0 saturated heterocycles. The summed E-state index contributed by atoms with van der Waals surface area (Å²) < 4.78 is 0. The van der Waals surface area contributed by atoms with Crippen LogP contribution in [-0.2, 0) is 0 Å².